The zero-order chi connectivity index (χ0) is 13.5. The normalized spacial score (nSPS) is 12.1. The van der Waals surface area contributed by atoms with E-state index in [4.69, 9.17) is 4.74 Å². The van der Waals surface area contributed by atoms with Gasteiger partial charge < -0.3 is 10.1 Å². The van der Waals surface area contributed by atoms with Gasteiger partial charge in [-0.1, -0.05) is 36.1 Å². The molecule has 0 aliphatic carbocycles. The number of aromatic amines is 1. The smallest absolute Gasteiger partial charge is 0.191 e. The summed E-state index contributed by atoms with van der Waals surface area (Å²) in [5, 5.41) is 17.2. The zero-order valence-corrected chi connectivity index (χ0v) is 10.8. The van der Waals surface area contributed by atoms with Crippen LogP contribution in [-0.4, -0.2) is 27.2 Å². The quantitative estimate of drug-likeness (QED) is 0.739. The van der Waals surface area contributed by atoms with Gasteiger partial charge in [0.15, 0.2) is 5.82 Å². The summed E-state index contributed by atoms with van der Waals surface area (Å²) in [5.74, 6) is 1.50. The number of tetrazole rings is 1. The molecule has 0 radical (unpaired) electrons. The highest BCUT2D eigenvalue weighted by Gasteiger charge is 2.10. The van der Waals surface area contributed by atoms with Crippen LogP contribution >= 0.6 is 0 Å². The third-order valence-corrected chi connectivity index (χ3v) is 2.68. The lowest BCUT2D eigenvalue weighted by Crippen LogP contribution is -2.19. The molecule has 19 heavy (non-hydrogen) atoms. The van der Waals surface area contributed by atoms with Crippen molar-refractivity contribution in [2.24, 2.45) is 0 Å². The van der Waals surface area contributed by atoms with Crippen molar-refractivity contribution in [3.63, 3.8) is 0 Å². The van der Waals surface area contributed by atoms with Gasteiger partial charge in [0, 0.05) is 12.1 Å². The van der Waals surface area contributed by atoms with E-state index >= 15 is 0 Å². The van der Waals surface area contributed by atoms with Gasteiger partial charge in [-0.05, 0) is 13.0 Å². The van der Waals surface area contributed by atoms with Crippen LogP contribution in [0.3, 0.4) is 0 Å². The molecule has 0 saturated heterocycles. The maximum Gasteiger partial charge on any atom is 0.191 e. The van der Waals surface area contributed by atoms with Crippen molar-refractivity contribution in [3.05, 3.63) is 48.3 Å². The van der Waals surface area contributed by atoms with E-state index in [1.54, 1.807) is 6.08 Å². The highest BCUT2D eigenvalue weighted by molar-refractivity contribution is 5.33. The van der Waals surface area contributed by atoms with Gasteiger partial charge in [-0.2, -0.15) is 5.21 Å². The average molecular weight is 259 g/mol. The Morgan fingerprint density at radius 3 is 3.05 bits per heavy atom. The number of rotatable bonds is 7. The number of nitrogens with one attached hydrogen (secondary N) is 2. The number of H-pyrrole nitrogens is 1. The SMILES string of the molecule is C=CCOc1ccccc1CNC(C)c1nn[nH]n1. The molecule has 2 aromatic rings. The summed E-state index contributed by atoms with van der Waals surface area (Å²) in [4.78, 5) is 0. The Balaban J connectivity index is 1.97. The van der Waals surface area contributed by atoms with Crippen LogP contribution in [0.5, 0.6) is 5.75 Å². The lowest BCUT2D eigenvalue weighted by Gasteiger charge is -2.13. The fraction of sp³-hybridized carbons (Fsp3) is 0.308. The molecule has 0 aliphatic rings. The van der Waals surface area contributed by atoms with Gasteiger partial charge in [-0.3, -0.25) is 0 Å². The summed E-state index contributed by atoms with van der Waals surface area (Å²) in [6.07, 6.45) is 1.73. The first kappa shape index (κ1) is 13.2. The van der Waals surface area contributed by atoms with Crippen LogP contribution in [0.15, 0.2) is 36.9 Å². The molecule has 2 rings (SSSR count). The van der Waals surface area contributed by atoms with Crippen LogP contribution in [0.2, 0.25) is 0 Å². The summed E-state index contributed by atoms with van der Waals surface area (Å²) < 4.78 is 5.60. The predicted molar refractivity (Wildman–Crippen MR) is 71.6 cm³/mol. The van der Waals surface area contributed by atoms with Crippen LogP contribution in [0.4, 0.5) is 0 Å². The van der Waals surface area contributed by atoms with E-state index in [-0.39, 0.29) is 6.04 Å². The van der Waals surface area contributed by atoms with Gasteiger partial charge in [-0.15, -0.1) is 10.2 Å². The second-order valence-corrected chi connectivity index (χ2v) is 4.08. The Bertz CT molecular complexity index is 512. The van der Waals surface area contributed by atoms with Gasteiger partial charge in [0.05, 0.1) is 6.04 Å². The van der Waals surface area contributed by atoms with E-state index < -0.39 is 0 Å². The molecule has 0 spiro atoms. The van der Waals surface area contributed by atoms with E-state index in [9.17, 15) is 0 Å². The second kappa shape index (κ2) is 6.65. The standard InChI is InChI=1S/C13H17N5O/c1-3-8-19-12-7-5-4-6-11(12)9-14-10(2)13-15-17-18-16-13/h3-7,10,14H,1,8-9H2,2H3,(H,15,16,17,18). The van der Waals surface area contributed by atoms with Crippen LogP contribution in [-0.2, 0) is 6.54 Å². The molecule has 1 atom stereocenters. The van der Waals surface area contributed by atoms with E-state index in [0.29, 0.717) is 19.0 Å². The number of ether oxygens (including phenoxy) is 1. The molecule has 0 fully saturated rings. The molecule has 1 unspecified atom stereocenters. The van der Waals surface area contributed by atoms with Crippen molar-refractivity contribution >= 4 is 0 Å². The summed E-state index contributed by atoms with van der Waals surface area (Å²) in [6.45, 7) is 6.80. The number of hydrogen-bond donors (Lipinski definition) is 2. The number of nitrogens with zero attached hydrogens (tertiary/aromatic N) is 3. The molecule has 6 nitrogen and oxygen atoms in total. The van der Waals surface area contributed by atoms with Crippen molar-refractivity contribution in [3.8, 4) is 5.75 Å². The largest absolute Gasteiger partial charge is 0.489 e. The minimum Gasteiger partial charge on any atom is -0.489 e. The summed E-state index contributed by atoms with van der Waals surface area (Å²) in [5.41, 5.74) is 1.08. The van der Waals surface area contributed by atoms with E-state index in [2.05, 4.69) is 32.5 Å². The first-order valence-electron chi connectivity index (χ1n) is 6.09. The third-order valence-electron chi connectivity index (χ3n) is 2.68. The van der Waals surface area contributed by atoms with E-state index in [1.807, 2.05) is 31.2 Å². The lowest BCUT2D eigenvalue weighted by atomic mass is 10.2. The maximum atomic E-state index is 5.60. The fourth-order valence-corrected chi connectivity index (χ4v) is 1.65. The van der Waals surface area contributed by atoms with Crippen molar-refractivity contribution < 1.29 is 4.74 Å². The van der Waals surface area contributed by atoms with Crippen molar-refractivity contribution in [2.45, 2.75) is 19.5 Å². The Hall–Kier alpha value is -2.21. The van der Waals surface area contributed by atoms with Crippen LogP contribution in [0, 0.1) is 0 Å². The fourth-order valence-electron chi connectivity index (χ4n) is 1.65. The molecule has 1 aromatic heterocycles. The molecule has 100 valence electrons. The van der Waals surface area contributed by atoms with Crippen LogP contribution in [0.25, 0.3) is 0 Å². The molecular weight excluding hydrogens is 242 g/mol. The summed E-state index contributed by atoms with van der Waals surface area (Å²) in [7, 11) is 0. The van der Waals surface area contributed by atoms with E-state index in [0.717, 1.165) is 11.3 Å². The molecule has 1 aromatic carbocycles. The number of aromatic nitrogens is 4. The Morgan fingerprint density at radius 1 is 1.47 bits per heavy atom. The molecule has 0 aliphatic heterocycles. The van der Waals surface area contributed by atoms with Crippen LogP contribution < -0.4 is 10.1 Å². The highest BCUT2D eigenvalue weighted by Crippen LogP contribution is 2.18. The average Bonchev–Trinajstić information content (AvgIpc) is 2.97. The number of para-hydroxylation sites is 1. The molecule has 0 amide bonds. The van der Waals surface area contributed by atoms with Gasteiger partial charge in [0.25, 0.3) is 0 Å². The van der Waals surface area contributed by atoms with Crippen molar-refractivity contribution in [1.29, 1.82) is 0 Å². The highest BCUT2D eigenvalue weighted by atomic mass is 16.5. The minimum atomic E-state index is 0.0196. The molecule has 0 saturated carbocycles. The molecule has 2 N–H and O–H groups in total. The van der Waals surface area contributed by atoms with Gasteiger partial charge in [0.2, 0.25) is 0 Å². The molecule has 1 heterocycles. The number of hydrogen-bond acceptors (Lipinski definition) is 5. The predicted octanol–water partition coefficient (Wildman–Crippen LogP) is 1.62. The lowest BCUT2D eigenvalue weighted by molar-refractivity contribution is 0.357. The van der Waals surface area contributed by atoms with Crippen molar-refractivity contribution in [1.82, 2.24) is 25.9 Å². The Labute approximate surface area is 111 Å². The summed E-state index contributed by atoms with van der Waals surface area (Å²) >= 11 is 0. The monoisotopic (exact) mass is 259 g/mol. The van der Waals surface area contributed by atoms with Gasteiger partial charge in [-0.25, -0.2) is 0 Å². The third kappa shape index (κ3) is 3.62. The molecule has 0 bridgehead atoms. The molecule has 6 heteroatoms. The van der Waals surface area contributed by atoms with Gasteiger partial charge >= 0.3 is 0 Å². The van der Waals surface area contributed by atoms with Crippen LogP contribution in [0.1, 0.15) is 24.4 Å². The zero-order valence-electron chi connectivity index (χ0n) is 10.8. The van der Waals surface area contributed by atoms with Gasteiger partial charge in [0.1, 0.15) is 12.4 Å². The molecular formula is C13H17N5O. The summed E-state index contributed by atoms with van der Waals surface area (Å²) in [6, 6.07) is 7.92. The number of benzene rings is 1. The first-order valence-corrected chi connectivity index (χ1v) is 6.09. The second-order valence-electron chi connectivity index (χ2n) is 4.08. The first-order chi connectivity index (χ1) is 9.31. The Kier molecular flexibility index (Phi) is 4.63. The minimum absolute atomic E-state index is 0.0196. The maximum absolute atomic E-state index is 5.60. The topological polar surface area (TPSA) is 75.7 Å². The van der Waals surface area contributed by atoms with E-state index in [1.165, 1.54) is 0 Å². The Morgan fingerprint density at radius 2 is 2.32 bits per heavy atom. The van der Waals surface area contributed by atoms with Crippen molar-refractivity contribution in [2.75, 3.05) is 6.61 Å².